The van der Waals surface area contributed by atoms with E-state index < -0.39 is 39.1 Å². The molecule has 4 rings (SSSR count). The van der Waals surface area contributed by atoms with Crippen LogP contribution in [0, 0.1) is 5.82 Å². The lowest BCUT2D eigenvalue weighted by Gasteiger charge is -2.23. The maximum absolute atomic E-state index is 13.8. The molecule has 32 heavy (non-hydrogen) atoms. The number of primary sulfonamides is 1. The van der Waals surface area contributed by atoms with Crippen molar-refractivity contribution < 1.29 is 35.5 Å². The van der Waals surface area contributed by atoms with Crippen LogP contribution in [0.15, 0.2) is 52.3 Å². The Kier molecular flexibility index (Phi) is 5.30. The van der Waals surface area contributed by atoms with Gasteiger partial charge in [0, 0.05) is 10.8 Å². The van der Waals surface area contributed by atoms with Gasteiger partial charge in [-0.1, -0.05) is 0 Å². The summed E-state index contributed by atoms with van der Waals surface area (Å²) in [6.45, 7) is 1.71. The van der Waals surface area contributed by atoms with Crippen molar-refractivity contribution in [2.75, 3.05) is 0 Å². The van der Waals surface area contributed by atoms with Gasteiger partial charge in [0.2, 0.25) is 10.0 Å². The molecule has 1 aliphatic heterocycles. The first-order valence-corrected chi connectivity index (χ1v) is 11.3. The largest absolute Gasteiger partial charge is 0.575 e. The van der Waals surface area contributed by atoms with E-state index in [1.54, 1.807) is 6.92 Å². The van der Waals surface area contributed by atoms with E-state index in [1.807, 2.05) is 0 Å². The van der Waals surface area contributed by atoms with Gasteiger partial charge in [-0.05, 0) is 55.0 Å². The first-order valence-electron chi connectivity index (χ1n) is 8.88. The number of nitrogens with two attached hydrogens (primary N) is 1. The molecule has 0 radical (unpaired) electrons. The number of ether oxygens (including phenoxy) is 1. The van der Waals surface area contributed by atoms with Gasteiger partial charge in [0.25, 0.3) is 0 Å². The molecule has 1 atom stereocenters. The molecule has 7 nitrogen and oxygen atoms in total. The molecule has 13 heteroatoms. The van der Waals surface area contributed by atoms with Crippen LogP contribution in [0.25, 0.3) is 16.9 Å². The molecule has 0 spiro atoms. The van der Waals surface area contributed by atoms with Crippen molar-refractivity contribution in [3.63, 3.8) is 0 Å². The Balaban J connectivity index is 1.94. The van der Waals surface area contributed by atoms with Crippen LogP contribution < -0.4 is 5.14 Å². The fraction of sp³-hybridized carbons (Fsp3) is 0.158. The predicted octanol–water partition coefficient (Wildman–Crippen LogP) is 4.17. The van der Waals surface area contributed by atoms with Crippen molar-refractivity contribution in [1.29, 1.82) is 0 Å². The second-order valence-corrected chi connectivity index (χ2v) is 9.72. The summed E-state index contributed by atoms with van der Waals surface area (Å²) in [5.74, 6) is -2.20. The van der Waals surface area contributed by atoms with Crippen LogP contribution in [0.1, 0.15) is 28.2 Å². The average molecular weight is 487 g/mol. The van der Waals surface area contributed by atoms with E-state index in [0.29, 0.717) is 11.1 Å². The highest BCUT2D eigenvalue weighted by molar-refractivity contribution is 7.99. The third kappa shape index (κ3) is 4.10. The van der Waals surface area contributed by atoms with E-state index in [1.165, 1.54) is 47.1 Å². The summed E-state index contributed by atoms with van der Waals surface area (Å²) >= 11 is 1.03. The van der Waals surface area contributed by atoms with Gasteiger partial charge in [-0.15, -0.1) is 24.9 Å². The summed E-state index contributed by atoms with van der Waals surface area (Å²) < 4.78 is 79.7. The second kappa shape index (κ2) is 7.60. The van der Waals surface area contributed by atoms with Crippen LogP contribution in [0.3, 0.4) is 0 Å². The maximum atomic E-state index is 13.8. The van der Waals surface area contributed by atoms with Gasteiger partial charge in [0.1, 0.15) is 5.82 Å². The number of esters is 1. The van der Waals surface area contributed by atoms with Crippen molar-refractivity contribution in [2.45, 2.75) is 28.3 Å². The summed E-state index contributed by atoms with van der Waals surface area (Å²) in [4.78, 5) is 12.2. The molecule has 1 unspecified atom stereocenters. The molecule has 168 valence electrons. The number of benzene rings is 2. The lowest BCUT2D eigenvalue weighted by atomic mass is 10.0. The molecule has 1 aromatic heterocycles. The molecule has 0 saturated heterocycles. The number of fused-ring (bicyclic) bond motifs is 3. The molecular weight excluding hydrogens is 474 g/mol. The van der Waals surface area contributed by atoms with Gasteiger partial charge in [-0.25, -0.2) is 27.4 Å². The molecule has 3 aromatic rings. The van der Waals surface area contributed by atoms with Gasteiger partial charge in [0.05, 0.1) is 21.2 Å². The Labute approximate surface area is 183 Å². The third-order valence-corrected chi connectivity index (χ3v) is 6.81. The Morgan fingerprint density at radius 3 is 2.44 bits per heavy atom. The number of sulfonamides is 1. The Morgan fingerprint density at radius 1 is 1.19 bits per heavy atom. The normalized spacial score (nSPS) is 15.8. The number of thioether (sulfide) groups is 1. The molecule has 0 saturated carbocycles. The monoisotopic (exact) mass is 487 g/mol. The van der Waals surface area contributed by atoms with Crippen molar-refractivity contribution in [3.8, 4) is 16.9 Å². The first kappa shape index (κ1) is 22.3. The number of hydrogen-bond donors (Lipinski definition) is 1. The Bertz CT molecular complexity index is 1340. The van der Waals surface area contributed by atoms with Crippen molar-refractivity contribution in [2.24, 2.45) is 5.14 Å². The highest BCUT2D eigenvalue weighted by Gasteiger charge is 2.39. The zero-order chi connectivity index (χ0) is 23.4. The van der Waals surface area contributed by atoms with Crippen LogP contribution in [-0.2, 0) is 14.8 Å². The quantitative estimate of drug-likeness (QED) is 0.439. The number of halogens is 4. The van der Waals surface area contributed by atoms with Gasteiger partial charge in [0.15, 0.2) is 5.69 Å². The van der Waals surface area contributed by atoms with Crippen molar-refractivity contribution >= 4 is 27.8 Å². The van der Waals surface area contributed by atoms with Crippen LogP contribution in [-0.4, -0.2) is 30.5 Å². The van der Waals surface area contributed by atoms with E-state index in [4.69, 9.17) is 5.14 Å². The van der Waals surface area contributed by atoms with E-state index in [-0.39, 0.29) is 21.2 Å². The lowest BCUT2D eigenvalue weighted by Crippen LogP contribution is -2.20. The minimum Gasteiger partial charge on any atom is -0.368 e. The average Bonchev–Trinajstić information content (AvgIpc) is 3.06. The molecule has 0 aliphatic carbocycles. The zero-order valence-corrected chi connectivity index (χ0v) is 17.7. The topological polar surface area (TPSA) is 104 Å². The predicted molar refractivity (Wildman–Crippen MR) is 106 cm³/mol. The summed E-state index contributed by atoms with van der Waals surface area (Å²) in [6.07, 6.45) is -5.21. The third-order valence-electron chi connectivity index (χ3n) is 4.65. The highest BCUT2D eigenvalue weighted by atomic mass is 32.2. The molecular formula is C19H13F4N3O4S2. The van der Waals surface area contributed by atoms with Crippen LogP contribution in [0.2, 0.25) is 0 Å². The minimum atomic E-state index is -5.21. The molecule has 2 N–H and O–H groups in total. The van der Waals surface area contributed by atoms with Gasteiger partial charge < -0.3 is 4.74 Å². The number of alkyl halides is 3. The fourth-order valence-electron chi connectivity index (χ4n) is 3.33. The fourth-order valence-corrected chi connectivity index (χ4v) is 5.06. The second-order valence-electron chi connectivity index (χ2n) is 6.80. The van der Waals surface area contributed by atoms with Crippen LogP contribution in [0.4, 0.5) is 17.6 Å². The Hall–Kier alpha value is -2.90. The van der Waals surface area contributed by atoms with Crippen molar-refractivity contribution in [1.82, 2.24) is 9.78 Å². The van der Waals surface area contributed by atoms with Crippen LogP contribution >= 0.6 is 11.8 Å². The van der Waals surface area contributed by atoms with E-state index in [0.717, 1.165) is 11.8 Å². The van der Waals surface area contributed by atoms with Gasteiger partial charge >= 0.3 is 12.3 Å². The maximum Gasteiger partial charge on any atom is 0.575 e. The summed E-state index contributed by atoms with van der Waals surface area (Å²) in [5, 5.41) is 8.74. The highest BCUT2D eigenvalue weighted by Crippen LogP contribution is 2.51. The summed E-state index contributed by atoms with van der Waals surface area (Å²) in [6, 6.07) is 8.96. The van der Waals surface area contributed by atoms with E-state index >= 15 is 0 Å². The summed E-state index contributed by atoms with van der Waals surface area (Å²) in [5.41, 5.74) is 0.938. The molecule has 0 bridgehead atoms. The van der Waals surface area contributed by atoms with Crippen molar-refractivity contribution in [3.05, 3.63) is 59.5 Å². The number of hydrogen-bond acceptors (Lipinski definition) is 6. The molecule has 2 aromatic carbocycles. The number of carbonyl (C=O) groups is 1. The van der Waals surface area contributed by atoms with Crippen LogP contribution in [0.5, 0.6) is 0 Å². The SMILES string of the molecule is CC1Sc2c(C(=O)OC(F)(F)F)nn(-c3ccc(S(N)(=O)=O)cc3)c2-c2ccc(F)cc21. The number of rotatable bonds is 3. The zero-order valence-electron chi connectivity index (χ0n) is 16.1. The van der Waals surface area contributed by atoms with Gasteiger partial charge in [-0.3, -0.25) is 0 Å². The van der Waals surface area contributed by atoms with E-state index in [9.17, 15) is 30.8 Å². The summed E-state index contributed by atoms with van der Waals surface area (Å²) in [7, 11) is -3.98. The number of aromatic nitrogens is 2. The Morgan fingerprint density at radius 2 is 1.84 bits per heavy atom. The number of nitrogens with zero attached hydrogens (tertiary/aromatic N) is 2. The minimum absolute atomic E-state index is 0.126. The molecule has 2 heterocycles. The molecule has 1 aliphatic rings. The smallest absolute Gasteiger partial charge is 0.368 e. The standard InChI is InChI=1S/C19H13F4N3O4S2/c1-9-14-8-10(20)2-7-13(14)16-17(31-9)15(18(27)30-19(21,22)23)25-26(16)11-3-5-12(6-4-11)32(24,28)29/h2-9H,1H3,(H2,24,28,29). The van der Waals surface area contributed by atoms with E-state index in [2.05, 4.69) is 9.84 Å². The lowest BCUT2D eigenvalue weighted by molar-refractivity contribution is -0.292. The molecule has 0 fully saturated rings. The first-order chi connectivity index (χ1) is 14.8. The van der Waals surface area contributed by atoms with Gasteiger partial charge in [-0.2, -0.15) is 5.10 Å². The molecule has 0 amide bonds. The number of carbonyl (C=O) groups excluding carboxylic acids is 1.